The molecule has 4 rings (SSSR count). The van der Waals surface area contributed by atoms with E-state index in [9.17, 15) is 4.79 Å². The summed E-state index contributed by atoms with van der Waals surface area (Å²) in [4.78, 5) is 13.2. The van der Waals surface area contributed by atoms with Gasteiger partial charge in [0.25, 0.3) is 5.91 Å². The maximum Gasteiger partial charge on any atom is 0.258 e. The first-order chi connectivity index (χ1) is 14.3. The highest BCUT2D eigenvalue weighted by atomic mass is 35.5. The second kappa shape index (κ2) is 8.27. The van der Waals surface area contributed by atoms with Crippen molar-refractivity contribution in [2.45, 2.75) is 13.8 Å². The number of rotatable bonds is 3. The molecule has 1 amide bonds. The van der Waals surface area contributed by atoms with Crippen LogP contribution in [0.15, 0.2) is 36.4 Å². The van der Waals surface area contributed by atoms with Crippen LogP contribution in [0.1, 0.15) is 21.7 Å². The van der Waals surface area contributed by atoms with Crippen LogP contribution in [0.2, 0.25) is 10.0 Å². The largest absolute Gasteiger partial charge is 0.332 e. The van der Waals surface area contributed by atoms with Crippen molar-refractivity contribution in [3.63, 3.8) is 0 Å². The van der Waals surface area contributed by atoms with Crippen molar-refractivity contribution in [3.05, 3.63) is 63.4 Å². The highest BCUT2D eigenvalue weighted by Crippen LogP contribution is 2.29. The quantitative estimate of drug-likeness (QED) is 0.409. The van der Waals surface area contributed by atoms with E-state index >= 15 is 0 Å². The number of hydrogen-bond donors (Lipinski definition) is 2. The minimum Gasteiger partial charge on any atom is -0.332 e. The Kier molecular flexibility index (Phi) is 5.70. The second-order valence-electron chi connectivity index (χ2n) is 6.41. The predicted molar refractivity (Wildman–Crippen MR) is 124 cm³/mol. The van der Waals surface area contributed by atoms with E-state index in [0.29, 0.717) is 5.02 Å². The number of thiocarbonyl (C=S) groups is 1. The van der Waals surface area contributed by atoms with Crippen molar-refractivity contribution in [1.29, 1.82) is 0 Å². The highest BCUT2D eigenvalue weighted by Gasteiger charge is 2.15. The molecule has 30 heavy (non-hydrogen) atoms. The number of nitrogens with zero attached hydrogens (tertiary/aromatic N) is 4. The first-order valence-electron chi connectivity index (χ1n) is 8.69. The maximum atomic E-state index is 12.5. The first-order valence-corrected chi connectivity index (χ1v) is 10.7. The van der Waals surface area contributed by atoms with Gasteiger partial charge >= 0.3 is 0 Å². The Balaban J connectivity index is 1.53. The summed E-state index contributed by atoms with van der Waals surface area (Å²) in [6.07, 6.45) is 0. The molecule has 0 radical (unpaired) electrons. The molecular formula is C19H14Cl2N6OS2. The summed E-state index contributed by atoms with van der Waals surface area (Å²) in [7, 11) is 0. The number of carbonyl (C=O) groups excluding carboxylic acids is 1. The number of aryl methyl sites for hydroxylation is 2. The van der Waals surface area contributed by atoms with Crippen LogP contribution in [0.4, 0.5) is 5.69 Å². The minimum absolute atomic E-state index is 0.153. The standard InChI is InChI=1S/C19H14Cl2N6OS2/c1-9-3-4-11(17-26-27-10(2)24-25-19(27)30-17)7-15(9)22-18(29)23-16(28)13-6-5-12(20)8-14(13)21/h3-8H,1-2H3,(H2,22,23,28,29). The molecule has 0 aliphatic carbocycles. The zero-order valence-electron chi connectivity index (χ0n) is 15.7. The summed E-state index contributed by atoms with van der Waals surface area (Å²) in [5.41, 5.74) is 2.89. The fourth-order valence-electron chi connectivity index (χ4n) is 2.72. The van der Waals surface area contributed by atoms with Crippen molar-refractivity contribution in [2.75, 3.05) is 5.32 Å². The van der Waals surface area contributed by atoms with Gasteiger partial charge in [-0.1, -0.05) is 46.7 Å². The molecule has 0 saturated heterocycles. The molecule has 2 heterocycles. The molecule has 0 aliphatic heterocycles. The number of aromatic nitrogens is 4. The monoisotopic (exact) mass is 476 g/mol. The number of hydrogen-bond acceptors (Lipinski definition) is 6. The topological polar surface area (TPSA) is 84.2 Å². The van der Waals surface area contributed by atoms with Crippen LogP contribution < -0.4 is 10.6 Å². The van der Waals surface area contributed by atoms with Crippen LogP contribution in [0.5, 0.6) is 0 Å². The van der Waals surface area contributed by atoms with E-state index in [4.69, 9.17) is 35.4 Å². The number of nitrogens with one attached hydrogen (secondary N) is 2. The van der Waals surface area contributed by atoms with Gasteiger partial charge in [0.05, 0.1) is 10.6 Å². The Labute approximate surface area is 191 Å². The summed E-state index contributed by atoms with van der Waals surface area (Å²) in [5.74, 6) is 0.301. The Morgan fingerprint density at radius 3 is 2.67 bits per heavy atom. The third-order valence-electron chi connectivity index (χ3n) is 4.28. The van der Waals surface area contributed by atoms with E-state index in [0.717, 1.165) is 32.6 Å². The van der Waals surface area contributed by atoms with Gasteiger partial charge in [0.15, 0.2) is 10.9 Å². The number of benzene rings is 2. The molecule has 0 saturated carbocycles. The first kappa shape index (κ1) is 20.7. The van der Waals surface area contributed by atoms with E-state index in [1.807, 2.05) is 32.0 Å². The van der Waals surface area contributed by atoms with Crippen LogP contribution in [0.25, 0.3) is 15.5 Å². The molecule has 11 heteroatoms. The average Bonchev–Trinajstić information content (AvgIpc) is 3.25. The summed E-state index contributed by atoms with van der Waals surface area (Å²) in [6.45, 7) is 3.79. The van der Waals surface area contributed by atoms with Gasteiger partial charge in [-0.05, 0) is 55.9 Å². The van der Waals surface area contributed by atoms with E-state index < -0.39 is 5.91 Å². The molecule has 152 valence electrons. The van der Waals surface area contributed by atoms with Crippen LogP contribution >= 0.6 is 46.8 Å². The van der Waals surface area contributed by atoms with Crippen LogP contribution in [0.3, 0.4) is 0 Å². The molecule has 0 spiro atoms. The van der Waals surface area contributed by atoms with Gasteiger partial charge in [0.2, 0.25) is 4.96 Å². The van der Waals surface area contributed by atoms with E-state index in [1.54, 1.807) is 16.6 Å². The Hall–Kier alpha value is -2.59. The molecule has 0 atom stereocenters. The van der Waals surface area contributed by atoms with Gasteiger partial charge in [-0.3, -0.25) is 10.1 Å². The molecule has 7 nitrogen and oxygen atoms in total. The van der Waals surface area contributed by atoms with Crippen molar-refractivity contribution < 1.29 is 4.79 Å². The Morgan fingerprint density at radius 2 is 1.93 bits per heavy atom. The van der Waals surface area contributed by atoms with Gasteiger partial charge in [-0.2, -0.15) is 9.61 Å². The lowest BCUT2D eigenvalue weighted by atomic mass is 10.1. The third-order valence-corrected chi connectivity index (χ3v) is 5.98. The van der Waals surface area contributed by atoms with Crippen molar-refractivity contribution in [3.8, 4) is 10.6 Å². The Morgan fingerprint density at radius 1 is 1.13 bits per heavy atom. The van der Waals surface area contributed by atoms with Gasteiger partial charge in [0, 0.05) is 16.3 Å². The Bertz CT molecular complexity index is 1300. The molecule has 0 aliphatic rings. The lowest BCUT2D eigenvalue weighted by Crippen LogP contribution is -2.34. The average molecular weight is 477 g/mol. The van der Waals surface area contributed by atoms with Gasteiger partial charge in [-0.25, -0.2) is 0 Å². The number of amides is 1. The number of anilines is 1. The smallest absolute Gasteiger partial charge is 0.258 e. The molecule has 0 bridgehead atoms. The summed E-state index contributed by atoms with van der Waals surface area (Å²) in [6, 6.07) is 10.5. The molecular weight excluding hydrogens is 463 g/mol. The van der Waals surface area contributed by atoms with Gasteiger partial charge < -0.3 is 5.32 Å². The van der Waals surface area contributed by atoms with Crippen molar-refractivity contribution in [2.24, 2.45) is 0 Å². The zero-order valence-corrected chi connectivity index (χ0v) is 18.9. The molecule has 2 aromatic heterocycles. The zero-order chi connectivity index (χ0) is 21.4. The number of fused-ring (bicyclic) bond motifs is 1. The maximum absolute atomic E-state index is 12.5. The number of carbonyl (C=O) groups is 1. The SMILES string of the molecule is Cc1ccc(-c2nn3c(C)nnc3s2)cc1NC(=S)NC(=O)c1ccc(Cl)cc1Cl. The molecule has 0 fully saturated rings. The van der Waals surface area contributed by atoms with Crippen LogP contribution in [-0.4, -0.2) is 30.8 Å². The lowest BCUT2D eigenvalue weighted by Gasteiger charge is -2.13. The third kappa shape index (κ3) is 4.15. The predicted octanol–water partition coefficient (Wildman–Crippen LogP) is 4.90. The molecule has 4 aromatic rings. The van der Waals surface area contributed by atoms with Crippen molar-refractivity contribution in [1.82, 2.24) is 25.1 Å². The molecule has 2 aromatic carbocycles. The summed E-state index contributed by atoms with van der Waals surface area (Å²) < 4.78 is 1.70. The summed E-state index contributed by atoms with van der Waals surface area (Å²) in [5, 5.41) is 20.0. The van der Waals surface area contributed by atoms with Gasteiger partial charge in [-0.15, -0.1) is 10.2 Å². The highest BCUT2D eigenvalue weighted by molar-refractivity contribution is 7.80. The van der Waals surface area contributed by atoms with Crippen LogP contribution in [-0.2, 0) is 0 Å². The molecule has 0 unspecified atom stereocenters. The second-order valence-corrected chi connectivity index (χ2v) is 8.62. The van der Waals surface area contributed by atoms with Crippen molar-refractivity contribution >= 4 is 68.4 Å². The normalized spacial score (nSPS) is 10.9. The van der Waals surface area contributed by atoms with Gasteiger partial charge in [0.1, 0.15) is 5.01 Å². The summed E-state index contributed by atoms with van der Waals surface area (Å²) >= 11 is 18.7. The lowest BCUT2D eigenvalue weighted by molar-refractivity contribution is 0.0978. The van der Waals surface area contributed by atoms with E-state index in [1.165, 1.54) is 17.4 Å². The number of halogens is 2. The van der Waals surface area contributed by atoms with Crippen LogP contribution in [0, 0.1) is 13.8 Å². The minimum atomic E-state index is -0.424. The van der Waals surface area contributed by atoms with E-state index in [-0.39, 0.29) is 15.7 Å². The van der Waals surface area contributed by atoms with E-state index in [2.05, 4.69) is 25.9 Å². The fourth-order valence-corrected chi connectivity index (χ4v) is 4.30. The fraction of sp³-hybridized carbons (Fsp3) is 0.105. The molecule has 2 N–H and O–H groups in total.